The Balaban J connectivity index is 2.24. The number of hydrogen-bond donors (Lipinski definition) is 1. The fourth-order valence-corrected chi connectivity index (χ4v) is 4.71. The van der Waals surface area contributed by atoms with Gasteiger partial charge in [-0.25, -0.2) is 4.39 Å². The molecule has 1 aromatic carbocycles. The minimum Gasteiger partial charge on any atom is -0.750 e. The average Bonchev–Trinajstić information content (AvgIpc) is 2.76. The molecule has 2 heterocycles. The van der Waals surface area contributed by atoms with Crippen molar-refractivity contribution in [3.05, 3.63) is 57.7 Å². The third kappa shape index (κ3) is 3.24. The molecule has 1 aromatic rings. The molecule has 24 heavy (non-hydrogen) atoms. The van der Waals surface area contributed by atoms with E-state index in [1.54, 1.807) is 22.2 Å². The Hall–Kier alpha value is -0.960. The average molecular weight is 465 g/mol. The molecule has 0 saturated carbocycles. The van der Waals surface area contributed by atoms with Crippen molar-refractivity contribution in [2.45, 2.75) is 25.9 Å². The van der Waals surface area contributed by atoms with Gasteiger partial charge in [-0.05, 0) is 43.6 Å². The Morgan fingerprint density at radius 3 is 2.88 bits per heavy atom. The van der Waals surface area contributed by atoms with Crippen LogP contribution in [0.3, 0.4) is 0 Å². The van der Waals surface area contributed by atoms with Crippen LogP contribution in [0.1, 0.15) is 25.8 Å². The molecule has 1 atom stereocenters. The van der Waals surface area contributed by atoms with Crippen LogP contribution in [0.5, 0.6) is 5.75 Å². The van der Waals surface area contributed by atoms with Gasteiger partial charge in [-0.15, -0.1) is 0 Å². The molecular formula is C17H17ClFINO3-. The third-order valence-electron chi connectivity index (χ3n) is 4.02. The molecule has 0 amide bonds. The molecule has 0 fully saturated rings. The summed E-state index contributed by atoms with van der Waals surface area (Å²) in [6.45, 7) is 4.20. The summed E-state index contributed by atoms with van der Waals surface area (Å²) in [5.74, 6) is -0.347. The van der Waals surface area contributed by atoms with E-state index in [0.717, 1.165) is 3.28 Å². The van der Waals surface area contributed by atoms with Crippen molar-refractivity contribution in [2.75, 3.05) is 6.61 Å². The van der Waals surface area contributed by atoms with Gasteiger partial charge < -0.3 is 18.3 Å². The summed E-state index contributed by atoms with van der Waals surface area (Å²) in [6, 6.07) is 2.53. The smallest absolute Gasteiger partial charge is 0.142 e. The number of halogens is 3. The number of allylic oxidation sites excluding steroid dienone is 3. The first kappa shape index (κ1) is 17.8. The number of hydrogen-bond acceptors (Lipinski definition) is 4. The van der Waals surface area contributed by atoms with Gasteiger partial charge in [0.2, 0.25) is 0 Å². The highest BCUT2D eigenvalue weighted by Gasteiger charge is 2.45. The lowest BCUT2D eigenvalue weighted by Crippen LogP contribution is -2.37. The minimum absolute atomic E-state index is 0.0784. The molecule has 3 rings (SSSR count). The molecule has 130 valence electrons. The number of aliphatic hydroxyl groups is 1. The highest BCUT2D eigenvalue weighted by molar-refractivity contribution is 14.2. The van der Waals surface area contributed by atoms with Crippen LogP contribution in [0.4, 0.5) is 4.39 Å². The number of rotatable bonds is 1. The first-order valence-electron chi connectivity index (χ1n) is 7.39. The number of benzene rings is 1. The Kier molecular flexibility index (Phi) is 4.76. The predicted molar refractivity (Wildman–Crippen MR) is 102 cm³/mol. The van der Waals surface area contributed by atoms with E-state index in [2.05, 4.69) is 0 Å². The van der Waals surface area contributed by atoms with Crippen LogP contribution in [0.2, 0.25) is 5.02 Å². The van der Waals surface area contributed by atoms with E-state index in [1.165, 1.54) is 12.1 Å². The Bertz CT molecular complexity index is 762. The summed E-state index contributed by atoms with van der Waals surface area (Å²) in [5, 5.41) is 24.0. The van der Waals surface area contributed by atoms with E-state index in [0.29, 0.717) is 12.4 Å². The van der Waals surface area contributed by atoms with Gasteiger partial charge >= 0.3 is 0 Å². The number of hydroxylamine groups is 1. The Labute approximate surface area is 155 Å². The minimum atomic E-state index is -1.65. The van der Waals surface area contributed by atoms with Crippen LogP contribution in [-0.2, 0) is 5.60 Å². The molecule has 1 unspecified atom stereocenters. The van der Waals surface area contributed by atoms with Crippen LogP contribution in [0, 0.1) is 16.4 Å². The van der Waals surface area contributed by atoms with Crippen molar-refractivity contribution in [1.82, 2.24) is 3.28 Å². The molecule has 0 radical (unpaired) electrons. The van der Waals surface area contributed by atoms with Crippen LogP contribution in [-0.4, -0.2) is 19.0 Å². The predicted octanol–water partition coefficient (Wildman–Crippen LogP) is 4.42. The highest BCUT2D eigenvalue weighted by atomic mass is 127. The second kappa shape index (κ2) is 6.40. The van der Waals surface area contributed by atoms with Gasteiger partial charge in [0.1, 0.15) is 17.2 Å². The van der Waals surface area contributed by atoms with Gasteiger partial charge in [0, 0.05) is 22.7 Å². The van der Waals surface area contributed by atoms with Crippen LogP contribution in [0.15, 0.2) is 36.1 Å². The molecule has 2 aliphatic heterocycles. The summed E-state index contributed by atoms with van der Waals surface area (Å²) in [5.41, 5.74) is -1.62. The lowest BCUT2D eigenvalue weighted by molar-refractivity contribution is 0.0170. The van der Waals surface area contributed by atoms with Crippen molar-refractivity contribution >= 4 is 36.6 Å². The first-order valence-corrected chi connectivity index (χ1v) is 9.98. The number of nitrogens with zero attached hydrogens (tertiary/aromatic N) is 1. The molecule has 4 nitrogen and oxygen atoms in total. The highest BCUT2D eigenvalue weighted by Crippen LogP contribution is 2.49. The zero-order valence-corrected chi connectivity index (χ0v) is 16.1. The topological polar surface area (TPSA) is 55.8 Å². The lowest BCUT2D eigenvalue weighted by Gasteiger charge is -2.41. The van der Waals surface area contributed by atoms with Crippen LogP contribution >= 0.6 is 32.6 Å². The zero-order chi connectivity index (χ0) is 17.5. The summed E-state index contributed by atoms with van der Waals surface area (Å²) in [4.78, 5) is 0. The van der Waals surface area contributed by atoms with E-state index in [1.807, 2.05) is 13.8 Å². The van der Waals surface area contributed by atoms with E-state index in [4.69, 9.17) is 16.3 Å². The van der Waals surface area contributed by atoms with Crippen molar-refractivity contribution in [1.29, 1.82) is 0 Å². The zero-order valence-electron chi connectivity index (χ0n) is 13.2. The summed E-state index contributed by atoms with van der Waals surface area (Å²) in [6.07, 6.45) is 5.33. The van der Waals surface area contributed by atoms with Crippen LogP contribution < -0.4 is 4.74 Å². The number of ether oxygens (including phenoxy) is 1. The summed E-state index contributed by atoms with van der Waals surface area (Å²) in [7, 11) is 0. The van der Waals surface area contributed by atoms with Crippen molar-refractivity contribution < 1.29 is 14.2 Å². The molecule has 0 saturated heterocycles. The Morgan fingerprint density at radius 1 is 1.38 bits per heavy atom. The molecule has 0 spiro atoms. The SMILES string of the molecule is CC1(C)COc2cc(Cl)c(F)cc2C(O)(C2=CC=CC=IN2[O-])C1. The molecule has 0 aromatic heterocycles. The van der Waals surface area contributed by atoms with Crippen molar-refractivity contribution in [3.63, 3.8) is 0 Å². The Morgan fingerprint density at radius 2 is 2.12 bits per heavy atom. The van der Waals surface area contributed by atoms with E-state index in [9.17, 15) is 14.7 Å². The normalized spacial score (nSPS) is 25.8. The van der Waals surface area contributed by atoms with Crippen LogP contribution in [0.25, 0.3) is 0 Å². The first-order chi connectivity index (χ1) is 11.2. The lowest BCUT2D eigenvalue weighted by atomic mass is 9.76. The van der Waals surface area contributed by atoms with E-state index in [-0.39, 0.29) is 22.7 Å². The second-order valence-corrected chi connectivity index (χ2v) is 9.22. The molecule has 0 bridgehead atoms. The summed E-state index contributed by atoms with van der Waals surface area (Å²) < 4.78 is 22.5. The van der Waals surface area contributed by atoms with Gasteiger partial charge in [0.25, 0.3) is 0 Å². The quantitative estimate of drug-likeness (QED) is 0.494. The third-order valence-corrected chi connectivity index (χ3v) is 6.07. The standard InChI is InChI=1S/C17H17ClFINO3/c1-16(2)9-17(22,15-5-3-4-6-20-21(15)23)11-7-13(19)12(18)8-14(11)24-10-16/h3-8,22H,9-10H2,1-2H3/q-1. The largest absolute Gasteiger partial charge is 0.750 e. The van der Waals surface area contributed by atoms with Gasteiger partial charge in [0.05, 0.1) is 11.6 Å². The van der Waals surface area contributed by atoms with Gasteiger partial charge in [0.15, 0.2) is 0 Å². The van der Waals surface area contributed by atoms with Gasteiger partial charge in [-0.2, -0.15) is 0 Å². The van der Waals surface area contributed by atoms with Gasteiger partial charge in [-0.1, -0.05) is 37.6 Å². The van der Waals surface area contributed by atoms with Gasteiger partial charge in [-0.3, -0.25) is 0 Å². The monoisotopic (exact) mass is 464 g/mol. The number of fused-ring (bicyclic) bond motifs is 1. The molecule has 0 aliphatic carbocycles. The molecule has 1 N–H and O–H groups in total. The molecular weight excluding hydrogens is 448 g/mol. The maximum Gasteiger partial charge on any atom is 0.142 e. The van der Waals surface area contributed by atoms with Crippen molar-refractivity contribution in [3.8, 4) is 5.75 Å². The fraction of sp³-hybridized carbons (Fsp3) is 0.353. The van der Waals surface area contributed by atoms with Crippen molar-refractivity contribution in [2.24, 2.45) is 5.41 Å². The summed E-state index contributed by atoms with van der Waals surface area (Å²) >= 11 is 4.93. The molecule has 7 heteroatoms. The maximum atomic E-state index is 14.1. The van der Waals surface area contributed by atoms with E-state index < -0.39 is 37.8 Å². The van der Waals surface area contributed by atoms with E-state index >= 15 is 0 Å². The molecule has 2 aliphatic rings. The fourth-order valence-electron chi connectivity index (χ4n) is 2.98. The second-order valence-electron chi connectivity index (χ2n) is 6.66. The maximum absolute atomic E-state index is 14.1.